The second kappa shape index (κ2) is 8.79. The second-order valence-electron chi connectivity index (χ2n) is 7.23. The fourth-order valence-electron chi connectivity index (χ4n) is 3.21. The smallest absolute Gasteiger partial charge is 0.234 e. The highest BCUT2D eigenvalue weighted by Crippen LogP contribution is 2.36. The van der Waals surface area contributed by atoms with E-state index in [4.69, 9.17) is 9.47 Å². The Labute approximate surface area is 179 Å². The number of nitrogens with zero attached hydrogens (tertiary/aromatic N) is 3. The van der Waals surface area contributed by atoms with Gasteiger partial charge in [-0.15, -0.1) is 10.2 Å². The molecule has 1 aliphatic heterocycles. The Kier molecular flexibility index (Phi) is 5.94. The van der Waals surface area contributed by atoms with Crippen molar-refractivity contribution in [1.29, 1.82) is 0 Å². The Morgan fingerprint density at radius 1 is 1.13 bits per heavy atom. The molecule has 0 radical (unpaired) electrons. The number of amides is 1. The van der Waals surface area contributed by atoms with E-state index >= 15 is 0 Å². The van der Waals surface area contributed by atoms with E-state index < -0.39 is 0 Å². The minimum atomic E-state index is -0.0763. The Morgan fingerprint density at radius 2 is 1.90 bits per heavy atom. The number of hydrogen-bond acceptors (Lipinski definition) is 6. The summed E-state index contributed by atoms with van der Waals surface area (Å²) in [6.07, 6.45) is 0. The average Bonchev–Trinajstić information content (AvgIpc) is 3.38. The summed E-state index contributed by atoms with van der Waals surface area (Å²) in [5, 5.41) is 12.3. The summed E-state index contributed by atoms with van der Waals surface area (Å²) in [5.41, 5.74) is 2.94. The maximum absolute atomic E-state index is 12.4. The van der Waals surface area contributed by atoms with Gasteiger partial charge in [0.05, 0.1) is 5.75 Å². The van der Waals surface area contributed by atoms with E-state index in [1.165, 1.54) is 17.3 Å². The maximum Gasteiger partial charge on any atom is 0.234 e. The van der Waals surface area contributed by atoms with Crippen molar-refractivity contribution in [3.63, 3.8) is 0 Å². The van der Waals surface area contributed by atoms with E-state index in [0.717, 1.165) is 22.8 Å². The monoisotopic (exact) mass is 424 g/mol. The van der Waals surface area contributed by atoms with Gasteiger partial charge in [-0.05, 0) is 48.7 Å². The lowest BCUT2D eigenvalue weighted by Gasteiger charge is -2.09. The van der Waals surface area contributed by atoms with Crippen molar-refractivity contribution < 1.29 is 14.3 Å². The number of carbonyl (C=O) groups is 1. The van der Waals surface area contributed by atoms with Crippen LogP contribution in [0.1, 0.15) is 32.3 Å². The Hall–Kier alpha value is -3.00. The van der Waals surface area contributed by atoms with Gasteiger partial charge in [-0.1, -0.05) is 37.7 Å². The summed E-state index contributed by atoms with van der Waals surface area (Å²) in [5.74, 6) is 2.81. The van der Waals surface area contributed by atoms with Crippen LogP contribution in [0.2, 0.25) is 0 Å². The fourth-order valence-corrected chi connectivity index (χ4v) is 4.01. The molecule has 0 aliphatic carbocycles. The van der Waals surface area contributed by atoms with Crippen LogP contribution in [0.5, 0.6) is 11.5 Å². The SMILES string of the molecule is CCn1c(SCC(=O)Nc2ccc(C(C)C)cc2)nnc1-c1ccc2c(c1)OCO2. The zero-order valence-electron chi connectivity index (χ0n) is 17.2. The first kappa shape index (κ1) is 20.3. The highest BCUT2D eigenvalue weighted by atomic mass is 32.2. The maximum atomic E-state index is 12.4. The van der Waals surface area contributed by atoms with Crippen molar-refractivity contribution in [2.24, 2.45) is 0 Å². The molecule has 1 N–H and O–H groups in total. The van der Waals surface area contributed by atoms with Crippen LogP contribution in [-0.2, 0) is 11.3 Å². The highest BCUT2D eigenvalue weighted by molar-refractivity contribution is 7.99. The van der Waals surface area contributed by atoms with Crippen LogP contribution in [0, 0.1) is 0 Å². The second-order valence-corrected chi connectivity index (χ2v) is 8.17. The van der Waals surface area contributed by atoms with Gasteiger partial charge in [-0.25, -0.2) is 0 Å². The van der Waals surface area contributed by atoms with Crippen molar-refractivity contribution >= 4 is 23.4 Å². The van der Waals surface area contributed by atoms with E-state index in [-0.39, 0.29) is 18.5 Å². The number of thioether (sulfide) groups is 1. The third kappa shape index (κ3) is 4.28. The number of nitrogens with one attached hydrogen (secondary N) is 1. The summed E-state index contributed by atoms with van der Waals surface area (Å²) >= 11 is 1.37. The van der Waals surface area contributed by atoms with Crippen molar-refractivity contribution in [2.45, 2.75) is 38.4 Å². The molecule has 0 saturated carbocycles. The molecule has 0 unspecified atom stereocenters. The minimum absolute atomic E-state index is 0.0763. The first-order valence-electron chi connectivity index (χ1n) is 9.91. The number of anilines is 1. The van der Waals surface area contributed by atoms with E-state index in [2.05, 4.69) is 29.4 Å². The van der Waals surface area contributed by atoms with Crippen molar-refractivity contribution in [3.8, 4) is 22.9 Å². The number of aromatic nitrogens is 3. The molecule has 156 valence electrons. The number of rotatable bonds is 7. The summed E-state index contributed by atoms with van der Waals surface area (Å²) in [6.45, 7) is 7.24. The molecular weight excluding hydrogens is 400 g/mol. The molecule has 2 aromatic carbocycles. The van der Waals surface area contributed by atoms with Gasteiger partial charge in [0.25, 0.3) is 0 Å². The molecule has 0 atom stereocenters. The van der Waals surface area contributed by atoms with E-state index in [9.17, 15) is 4.79 Å². The molecule has 2 heterocycles. The molecule has 4 rings (SSSR count). The third-order valence-corrected chi connectivity index (χ3v) is 5.82. The Balaban J connectivity index is 1.42. The lowest BCUT2D eigenvalue weighted by atomic mass is 10.0. The van der Waals surface area contributed by atoms with E-state index in [1.807, 2.05) is 54.0 Å². The summed E-state index contributed by atoms with van der Waals surface area (Å²) in [6, 6.07) is 13.7. The molecule has 7 nitrogen and oxygen atoms in total. The molecule has 0 fully saturated rings. The molecule has 1 aliphatic rings. The fraction of sp³-hybridized carbons (Fsp3) is 0.318. The largest absolute Gasteiger partial charge is 0.454 e. The zero-order valence-corrected chi connectivity index (χ0v) is 18.0. The molecule has 8 heteroatoms. The van der Waals surface area contributed by atoms with Crippen LogP contribution < -0.4 is 14.8 Å². The van der Waals surface area contributed by atoms with Crippen LogP contribution in [0.15, 0.2) is 47.6 Å². The summed E-state index contributed by atoms with van der Waals surface area (Å²) < 4.78 is 12.8. The first-order valence-corrected chi connectivity index (χ1v) is 10.9. The van der Waals surface area contributed by atoms with Crippen LogP contribution >= 0.6 is 11.8 Å². The van der Waals surface area contributed by atoms with E-state index in [1.54, 1.807) is 0 Å². The molecule has 0 saturated heterocycles. The van der Waals surface area contributed by atoms with Crippen molar-refractivity contribution in [3.05, 3.63) is 48.0 Å². The van der Waals surface area contributed by atoms with Crippen LogP contribution in [0.25, 0.3) is 11.4 Å². The van der Waals surface area contributed by atoms with Crippen molar-refractivity contribution in [2.75, 3.05) is 17.9 Å². The van der Waals surface area contributed by atoms with Gasteiger partial charge in [0.2, 0.25) is 12.7 Å². The Bertz CT molecular complexity index is 1050. The average molecular weight is 425 g/mol. The number of ether oxygens (including phenoxy) is 2. The van der Waals surface area contributed by atoms with Gasteiger partial charge < -0.3 is 19.4 Å². The number of carbonyl (C=O) groups excluding carboxylic acids is 1. The zero-order chi connectivity index (χ0) is 21.1. The normalized spacial score (nSPS) is 12.4. The summed E-state index contributed by atoms with van der Waals surface area (Å²) in [7, 11) is 0. The van der Waals surface area contributed by atoms with Crippen LogP contribution in [0.3, 0.4) is 0 Å². The van der Waals surface area contributed by atoms with Gasteiger partial charge in [0.15, 0.2) is 22.5 Å². The van der Waals surface area contributed by atoms with E-state index in [0.29, 0.717) is 23.4 Å². The molecule has 1 amide bonds. The first-order chi connectivity index (χ1) is 14.5. The van der Waals surface area contributed by atoms with Gasteiger partial charge in [-0.2, -0.15) is 0 Å². The standard InChI is InChI=1S/C22H24N4O3S/c1-4-26-21(16-7-10-18-19(11-16)29-13-28-18)24-25-22(26)30-12-20(27)23-17-8-5-15(6-9-17)14(2)3/h5-11,14H,4,12-13H2,1-3H3,(H,23,27). The van der Waals surface area contributed by atoms with Gasteiger partial charge in [0, 0.05) is 17.8 Å². The predicted octanol–water partition coefficient (Wildman–Crippen LogP) is 4.55. The van der Waals surface area contributed by atoms with Crippen LogP contribution in [-0.4, -0.2) is 33.2 Å². The molecule has 30 heavy (non-hydrogen) atoms. The molecule has 0 bridgehead atoms. The molecule has 0 spiro atoms. The third-order valence-electron chi connectivity index (χ3n) is 4.86. The molecular formula is C22H24N4O3S. The quantitative estimate of drug-likeness (QED) is 0.561. The molecule has 3 aromatic rings. The summed E-state index contributed by atoms with van der Waals surface area (Å²) in [4.78, 5) is 12.4. The minimum Gasteiger partial charge on any atom is -0.454 e. The van der Waals surface area contributed by atoms with Crippen LogP contribution in [0.4, 0.5) is 5.69 Å². The highest BCUT2D eigenvalue weighted by Gasteiger charge is 2.19. The van der Waals surface area contributed by atoms with Gasteiger partial charge in [0.1, 0.15) is 0 Å². The van der Waals surface area contributed by atoms with Crippen molar-refractivity contribution in [1.82, 2.24) is 14.8 Å². The predicted molar refractivity (Wildman–Crippen MR) is 117 cm³/mol. The number of benzene rings is 2. The van der Waals surface area contributed by atoms with Gasteiger partial charge >= 0.3 is 0 Å². The lowest BCUT2D eigenvalue weighted by molar-refractivity contribution is -0.113. The van der Waals surface area contributed by atoms with Gasteiger partial charge in [-0.3, -0.25) is 4.79 Å². The molecule has 1 aromatic heterocycles. The lowest BCUT2D eigenvalue weighted by Crippen LogP contribution is -2.14. The Morgan fingerprint density at radius 3 is 2.63 bits per heavy atom. The topological polar surface area (TPSA) is 78.3 Å². The number of fused-ring (bicyclic) bond motifs is 1. The number of hydrogen-bond donors (Lipinski definition) is 1.